The van der Waals surface area contributed by atoms with Gasteiger partial charge in [0.25, 0.3) is 0 Å². The summed E-state index contributed by atoms with van der Waals surface area (Å²) in [6.45, 7) is 0. The Hall–Kier alpha value is -0.910. The lowest BCUT2D eigenvalue weighted by Gasteiger charge is -2.26. The van der Waals surface area contributed by atoms with Gasteiger partial charge in [-0.1, -0.05) is 12.8 Å². The number of carboxylic acids is 1. The summed E-state index contributed by atoms with van der Waals surface area (Å²) in [5, 5.41) is 11.7. The number of hydrogen-bond donors (Lipinski definition) is 2. The number of rotatable bonds is 6. The highest BCUT2D eigenvalue weighted by atomic mass is 32.2. The van der Waals surface area contributed by atoms with E-state index in [9.17, 15) is 9.59 Å². The number of nitrogens with zero attached hydrogens (tertiary/aromatic N) is 1. The molecular formula is C12H22N2O3S. The summed E-state index contributed by atoms with van der Waals surface area (Å²) in [7, 11) is 1.75. The third kappa shape index (κ3) is 4.40. The maximum atomic E-state index is 12.0. The number of hydrogen-bond acceptors (Lipinski definition) is 3. The number of carbonyl (C=O) groups is 2. The molecule has 5 nitrogen and oxygen atoms in total. The molecule has 2 N–H and O–H groups in total. The molecule has 1 aliphatic carbocycles. The van der Waals surface area contributed by atoms with Crippen LogP contribution in [0.1, 0.15) is 32.1 Å². The Morgan fingerprint density at radius 1 is 1.44 bits per heavy atom. The first-order valence-electron chi connectivity index (χ1n) is 6.31. The molecule has 0 spiro atoms. The zero-order valence-corrected chi connectivity index (χ0v) is 11.8. The molecule has 1 fully saturated rings. The monoisotopic (exact) mass is 274 g/mol. The summed E-state index contributed by atoms with van der Waals surface area (Å²) in [5.74, 6) is -0.234. The molecule has 1 aliphatic rings. The minimum Gasteiger partial charge on any atom is -0.480 e. The quantitative estimate of drug-likeness (QED) is 0.774. The van der Waals surface area contributed by atoms with E-state index in [1.165, 1.54) is 0 Å². The minimum absolute atomic E-state index is 0.264. The van der Waals surface area contributed by atoms with Gasteiger partial charge in [0.15, 0.2) is 0 Å². The molecule has 6 heteroatoms. The van der Waals surface area contributed by atoms with Gasteiger partial charge in [-0.2, -0.15) is 11.8 Å². The first-order chi connectivity index (χ1) is 8.56. The van der Waals surface area contributed by atoms with Gasteiger partial charge in [-0.3, -0.25) is 0 Å². The Morgan fingerprint density at radius 2 is 2.06 bits per heavy atom. The Bertz CT molecular complexity index is 293. The summed E-state index contributed by atoms with van der Waals surface area (Å²) in [6, 6.07) is -0.788. The van der Waals surface area contributed by atoms with Crippen molar-refractivity contribution in [3.8, 4) is 0 Å². The van der Waals surface area contributed by atoms with Gasteiger partial charge in [0.05, 0.1) is 0 Å². The van der Waals surface area contributed by atoms with Crippen LogP contribution >= 0.6 is 11.8 Å². The first kappa shape index (κ1) is 15.1. The van der Waals surface area contributed by atoms with Crippen molar-refractivity contribution in [2.45, 2.75) is 44.2 Å². The predicted molar refractivity (Wildman–Crippen MR) is 73.0 cm³/mol. The van der Waals surface area contributed by atoms with E-state index in [-0.39, 0.29) is 12.1 Å². The van der Waals surface area contributed by atoms with Gasteiger partial charge in [-0.15, -0.1) is 0 Å². The van der Waals surface area contributed by atoms with Crippen LogP contribution in [0.25, 0.3) is 0 Å². The van der Waals surface area contributed by atoms with E-state index in [0.29, 0.717) is 6.42 Å². The largest absolute Gasteiger partial charge is 0.480 e. The average molecular weight is 274 g/mol. The molecule has 0 aliphatic heterocycles. The lowest BCUT2D eigenvalue weighted by molar-refractivity contribution is -0.139. The summed E-state index contributed by atoms with van der Waals surface area (Å²) in [6.07, 6.45) is 6.72. The molecule has 0 bridgehead atoms. The molecule has 1 saturated carbocycles. The molecule has 0 heterocycles. The number of nitrogens with one attached hydrogen (secondary N) is 1. The van der Waals surface area contributed by atoms with Gasteiger partial charge in [0.1, 0.15) is 6.04 Å². The van der Waals surface area contributed by atoms with Crippen LogP contribution < -0.4 is 5.32 Å². The highest BCUT2D eigenvalue weighted by Gasteiger charge is 2.26. The summed E-state index contributed by atoms with van der Waals surface area (Å²) in [5.41, 5.74) is 0. The molecule has 1 atom stereocenters. The lowest BCUT2D eigenvalue weighted by Crippen LogP contribution is -2.49. The van der Waals surface area contributed by atoms with Gasteiger partial charge < -0.3 is 15.3 Å². The maximum absolute atomic E-state index is 12.0. The van der Waals surface area contributed by atoms with Crippen LogP contribution in [0.15, 0.2) is 0 Å². The fraction of sp³-hybridized carbons (Fsp3) is 0.833. The lowest BCUT2D eigenvalue weighted by atomic mass is 10.2. The number of thioether (sulfide) groups is 1. The summed E-state index contributed by atoms with van der Waals surface area (Å²) < 4.78 is 0. The van der Waals surface area contributed by atoms with Crippen molar-refractivity contribution >= 4 is 23.8 Å². The number of aliphatic carboxylic acids is 1. The third-order valence-corrected chi connectivity index (χ3v) is 4.04. The molecule has 0 unspecified atom stereocenters. The van der Waals surface area contributed by atoms with Crippen molar-refractivity contribution in [2.24, 2.45) is 0 Å². The Kier molecular flexibility index (Phi) is 6.32. The SMILES string of the molecule is CSCC[C@H](NC(=O)N(C)C1CCCC1)C(=O)O. The van der Waals surface area contributed by atoms with Crippen LogP contribution in [-0.4, -0.2) is 53.1 Å². The van der Waals surface area contributed by atoms with E-state index >= 15 is 0 Å². The van der Waals surface area contributed by atoms with Crippen molar-refractivity contribution in [3.63, 3.8) is 0 Å². The standard InChI is InChI=1S/C12H22N2O3S/c1-14(9-5-3-4-6-9)12(17)13-10(11(15)16)7-8-18-2/h9-10H,3-8H2,1-2H3,(H,13,17)(H,15,16)/t10-/m0/s1. The second kappa shape index (κ2) is 7.51. The zero-order valence-electron chi connectivity index (χ0n) is 11.0. The van der Waals surface area contributed by atoms with Crippen LogP contribution in [-0.2, 0) is 4.79 Å². The van der Waals surface area contributed by atoms with Crippen molar-refractivity contribution < 1.29 is 14.7 Å². The molecule has 1 rings (SSSR count). The van der Waals surface area contributed by atoms with Crippen LogP contribution in [0.3, 0.4) is 0 Å². The summed E-state index contributed by atoms with van der Waals surface area (Å²) in [4.78, 5) is 24.6. The Morgan fingerprint density at radius 3 is 2.56 bits per heavy atom. The maximum Gasteiger partial charge on any atom is 0.326 e. The number of urea groups is 1. The van der Waals surface area contributed by atoms with E-state index in [1.54, 1.807) is 23.7 Å². The highest BCUT2D eigenvalue weighted by molar-refractivity contribution is 7.98. The van der Waals surface area contributed by atoms with E-state index < -0.39 is 12.0 Å². The van der Waals surface area contributed by atoms with E-state index in [0.717, 1.165) is 31.4 Å². The molecule has 0 aromatic carbocycles. The molecule has 0 saturated heterocycles. The predicted octanol–water partition coefficient (Wildman–Crippen LogP) is 1.78. The van der Waals surface area contributed by atoms with E-state index in [2.05, 4.69) is 5.32 Å². The second-order valence-electron chi connectivity index (χ2n) is 4.67. The third-order valence-electron chi connectivity index (χ3n) is 3.40. The first-order valence-corrected chi connectivity index (χ1v) is 7.70. The second-order valence-corrected chi connectivity index (χ2v) is 5.66. The number of amides is 2. The Labute approximate surface area is 112 Å². The van der Waals surface area contributed by atoms with Crippen molar-refractivity contribution in [1.29, 1.82) is 0 Å². The van der Waals surface area contributed by atoms with Gasteiger partial charge in [0, 0.05) is 13.1 Å². The molecular weight excluding hydrogens is 252 g/mol. The van der Waals surface area contributed by atoms with Gasteiger partial charge in [-0.25, -0.2) is 9.59 Å². The van der Waals surface area contributed by atoms with Crippen LogP contribution in [0.2, 0.25) is 0 Å². The normalized spacial score (nSPS) is 17.4. The van der Waals surface area contributed by atoms with Crippen LogP contribution in [0, 0.1) is 0 Å². The van der Waals surface area contributed by atoms with E-state index in [4.69, 9.17) is 5.11 Å². The van der Waals surface area contributed by atoms with Crippen molar-refractivity contribution in [1.82, 2.24) is 10.2 Å². The molecule has 0 radical (unpaired) electrons. The molecule has 0 aromatic heterocycles. The van der Waals surface area contributed by atoms with Crippen LogP contribution in [0.4, 0.5) is 4.79 Å². The molecule has 104 valence electrons. The fourth-order valence-corrected chi connectivity index (χ4v) is 2.67. The van der Waals surface area contributed by atoms with Gasteiger partial charge in [0.2, 0.25) is 0 Å². The fourth-order valence-electron chi connectivity index (χ4n) is 2.20. The van der Waals surface area contributed by atoms with Gasteiger partial charge >= 0.3 is 12.0 Å². The molecule has 18 heavy (non-hydrogen) atoms. The van der Waals surface area contributed by atoms with Crippen molar-refractivity contribution in [2.75, 3.05) is 19.1 Å². The highest BCUT2D eigenvalue weighted by Crippen LogP contribution is 2.22. The van der Waals surface area contributed by atoms with Crippen LogP contribution in [0.5, 0.6) is 0 Å². The minimum atomic E-state index is -0.961. The topological polar surface area (TPSA) is 69.6 Å². The van der Waals surface area contributed by atoms with Crippen molar-refractivity contribution in [3.05, 3.63) is 0 Å². The zero-order chi connectivity index (χ0) is 13.5. The average Bonchev–Trinajstić information content (AvgIpc) is 2.86. The van der Waals surface area contributed by atoms with E-state index in [1.807, 2.05) is 6.26 Å². The molecule has 2 amide bonds. The Balaban J connectivity index is 2.46. The smallest absolute Gasteiger partial charge is 0.326 e. The number of carbonyl (C=O) groups excluding carboxylic acids is 1. The summed E-state index contributed by atoms with van der Waals surface area (Å²) >= 11 is 1.58. The van der Waals surface area contributed by atoms with Gasteiger partial charge in [-0.05, 0) is 31.3 Å². The number of carboxylic acid groups (broad SMARTS) is 1. The molecule has 0 aromatic rings.